The summed E-state index contributed by atoms with van der Waals surface area (Å²) in [4.78, 5) is 20.4. The summed E-state index contributed by atoms with van der Waals surface area (Å²) in [5.41, 5.74) is 1.28. The number of methoxy groups -OCH3 is 1. The zero-order valence-corrected chi connectivity index (χ0v) is 12.5. The highest BCUT2D eigenvalue weighted by molar-refractivity contribution is 7.99. The van der Waals surface area contributed by atoms with Crippen molar-refractivity contribution in [3.8, 4) is 5.75 Å². The van der Waals surface area contributed by atoms with Crippen molar-refractivity contribution >= 4 is 34.8 Å². The minimum Gasteiger partial charge on any atom is -0.508 e. The molecule has 0 spiro atoms. The van der Waals surface area contributed by atoms with Gasteiger partial charge in [0.15, 0.2) is 0 Å². The minimum atomic E-state index is -2.82. The Bertz CT molecular complexity index is 913. The van der Waals surface area contributed by atoms with E-state index < -0.39 is 13.1 Å². The highest BCUT2D eigenvalue weighted by Gasteiger charge is 2.07. The van der Waals surface area contributed by atoms with Crippen LogP contribution in [0.1, 0.15) is 4.11 Å². The number of amides is 1. The number of phenolic OH excluding ortho intramolecular Hbond substituents is 1. The molecule has 3 aromatic rings. The van der Waals surface area contributed by atoms with Crippen LogP contribution in [0.15, 0.2) is 52.3 Å². The number of nitrogens with one attached hydrogen (secondary N) is 2. The van der Waals surface area contributed by atoms with Crippen molar-refractivity contribution < 1.29 is 24.2 Å². The van der Waals surface area contributed by atoms with Crippen LogP contribution in [0.2, 0.25) is 0 Å². The Hall–Kier alpha value is -2.71. The smallest absolute Gasteiger partial charge is 0.413 e. The molecule has 0 bridgehead atoms. The zero-order valence-electron chi connectivity index (χ0n) is 14.7. The van der Waals surface area contributed by atoms with E-state index in [0.29, 0.717) is 11.0 Å². The van der Waals surface area contributed by atoms with E-state index in [4.69, 9.17) is 4.11 Å². The summed E-state index contributed by atoms with van der Waals surface area (Å²) in [6.45, 7) is 0. The van der Waals surface area contributed by atoms with Crippen LogP contribution in [0.5, 0.6) is 5.75 Å². The number of phenols is 1. The Balaban J connectivity index is 0.00000243. The van der Waals surface area contributed by atoms with Gasteiger partial charge >= 0.3 is 6.09 Å². The molecule has 5 N–H and O–H groups in total. The molecule has 8 heteroatoms. The van der Waals surface area contributed by atoms with Gasteiger partial charge in [-0.15, -0.1) is 0 Å². The number of hydrogen-bond donors (Lipinski definition) is 3. The normalized spacial score (nSPS) is 12.6. The van der Waals surface area contributed by atoms with Crippen LogP contribution in [0.4, 0.5) is 10.7 Å². The Morgan fingerprint density at radius 3 is 2.78 bits per heavy atom. The van der Waals surface area contributed by atoms with Crippen LogP contribution in [-0.4, -0.2) is 33.7 Å². The van der Waals surface area contributed by atoms with E-state index in [1.165, 1.54) is 11.8 Å². The maximum atomic E-state index is 11.5. The molecule has 0 saturated carbocycles. The molecule has 0 unspecified atom stereocenters. The summed E-state index contributed by atoms with van der Waals surface area (Å²) >= 11 is 1.50. The monoisotopic (exact) mass is 336 g/mol. The fourth-order valence-corrected chi connectivity index (χ4v) is 2.74. The quantitative estimate of drug-likeness (QED) is 0.679. The molecule has 1 aromatic heterocycles. The first-order valence-corrected chi connectivity index (χ1v) is 7.07. The summed E-state index contributed by atoms with van der Waals surface area (Å²) in [6.07, 6.45) is -1.11. The number of nitrogens with zero attached hydrogens (tertiary/aromatic N) is 1. The number of H-pyrrole nitrogens is 1. The van der Waals surface area contributed by atoms with Gasteiger partial charge in [-0.1, -0.05) is 11.8 Å². The number of benzene rings is 2. The van der Waals surface area contributed by atoms with Crippen molar-refractivity contribution in [2.45, 2.75) is 9.79 Å². The average molecular weight is 336 g/mol. The lowest BCUT2D eigenvalue weighted by Gasteiger charge is -2.01. The van der Waals surface area contributed by atoms with Gasteiger partial charge in [-0.3, -0.25) is 5.32 Å². The van der Waals surface area contributed by atoms with Gasteiger partial charge in [-0.05, 0) is 42.5 Å². The number of aromatic hydroxyl groups is 1. The first kappa shape index (κ1) is 12.8. The lowest BCUT2D eigenvalue weighted by molar-refractivity contribution is 0.186. The molecule has 2 aromatic carbocycles. The molecule has 0 saturated heterocycles. The van der Waals surface area contributed by atoms with Crippen LogP contribution < -0.4 is 5.32 Å². The number of imidazole rings is 1. The van der Waals surface area contributed by atoms with Crippen molar-refractivity contribution in [2.75, 3.05) is 12.4 Å². The molecule has 0 radical (unpaired) electrons. The number of hydrogen-bond acceptors (Lipinski definition) is 5. The number of anilines is 1. The minimum absolute atomic E-state index is 0. The maximum absolute atomic E-state index is 11.5. The third kappa shape index (κ3) is 3.93. The first-order valence-electron chi connectivity index (χ1n) is 7.75. The molecule has 3 rings (SSSR count). The van der Waals surface area contributed by atoms with Gasteiger partial charge in [0, 0.05) is 9.79 Å². The Labute approximate surface area is 140 Å². The van der Waals surface area contributed by atoms with Crippen molar-refractivity contribution in [3.05, 3.63) is 42.5 Å². The predicted molar refractivity (Wildman–Crippen MR) is 88.0 cm³/mol. The van der Waals surface area contributed by atoms with Crippen LogP contribution in [-0.2, 0) is 4.74 Å². The predicted octanol–water partition coefficient (Wildman–Crippen LogP) is 2.77. The van der Waals surface area contributed by atoms with E-state index in [-0.39, 0.29) is 17.2 Å². The van der Waals surface area contributed by atoms with E-state index in [1.807, 2.05) is 12.1 Å². The first-order chi connectivity index (χ1) is 11.8. The fraction of sp³-hybridized carbons (Fsp3) is 0.0667. The molecular weight excluding hydrogens is 318 g/mol. The topological polar surface area (TPSA) is 119 Å². The van der Waals surface area contributed by atoms with Crippen LogP contribution in [0.3, 0.4) is 0 Å². The number of fused-ring (bicyclic) bond motifs is 1. The van der Waals surface area contributed by atoms with Gasteiger partial charge < -0.3 is 20.3 Å². The summed E-state index contributed by atoms with van der Waals surface area (Å²) in [6, 6.07) is 12.3. The molecule has 0 fully saturated rings. The van der Waals surface area contributed by atoms with Crippen LogP contribution in [0, 0.1) is 0 Å². The standard InChI is InChI=1S/C15H13N3O3S.H2O/c1-21-15(20)18-14-16-12-7-6-11(8-13(12)17-14)22-10-4-2-9(19)3-5-10;/h2-8,19H,1H3,(H2,16,17,18,20);1H2/i1D3;. The average Bonchev–Trinajstić information content (AvgIpc) is 2.89. The number of ether oxygens (including phenoxy) is 1. The molecule has 0 aliphatic rings. The molecule has 120 valence electrons. The second-order valence-electron chi connectivity index (χ2n) is 4.37. The Morgan fingerprint density at radius 2 is 2.04 bits per heavy atom. The number of aromatic nitrogens is 2. The Kier molecular flexibility index (Phi) is 3.91. The second kappa shape index (κ2) is 7.03. The molecule has 0 aliphatic heterocycles. The van der Waals surface area contributed by atoms with Gasteiger partial charge in [0.25, 0.3) is 0 Å². The maximum Gasteiger partial charge on any atom is 0.413 e. The summed E-state index contributed by atoms with van der Waals surface area (Å²) < 4.78 is 24.9. The van der Waals surface area contributed by atoms with Crippen LogP contribution >= 0.6 is 11.8 Å². The zero-order chi connectivity index (χ0) is 18.0. The van der Waals surface area contributed by atoms with Crippen molar-refractivity contribution in [1.82, 2.24) is 9.97 Å². The third-order valence-electron chi connectivity index (χ3n) is 2.84. The number of carbonyl (C=O) groups is 1. The van der Waals surface area contributed by atoms with E-state index in [0.717, 1.165) is 9.79 Å². The van der Waals surface area contributed by atoms with Gasteiger partial charge in [0.1, 0.15) is 5.75 Å². The van der Waals surface area contributed by atoms with Crippen molar-refractivity contribution in [1.29, 1.82) is 0 Å². The SMILES string of the molecule is O.[2H]C([2H])([2H])OC(=O)Nc1nc2ccc(Sc3ccc(O)cc3)cc2[nH]1. The number of carbonyl (C=O) groups excluding carboxylic acids is 1. The molecular formula is C15H15N3O4S. The second-order valence-corrected chi connectivity index (χ2v) is 5.52. The lowest BCUT2D eigenvalue weighted by atomic mass is 10.3. The van der Waals surface area contributed by atoms with Gasteiger partial charge in [0.2, 0.25) is 5.95 Å². The van der Waals surface area contributed by atoms with Crippen LogP contribution in [0.25, 0.3) is 11.0 Å². The van der Waals surface area contributed by atoms with E-state index in [1.54, 1.807) is 30.3 Å². The van der Waals surface area contributed by atoms with Gasteiger partial charge in [0.05, 0.1) is 22.2 Å². The highest BCUT2D eigenvalue weighted by Crippen LogP contribution is 2.30. The Morgan fingerprint density at radius 1 is 1.30 bits per heavy atom. The van der Waals surface area contributed by atoms with E-state index in [2.05, 4.69) is 20.0 Å². The van der Waals surface area contributed by atoms with Gasteiger partial charge in [-0.2, -0.15) is 0 Å². The number of rotatable bonds is 3. The molecule has 0 aliphatic carbocycles. The van der Waals surface area contributed by atoms with Crippen molar-refractivity contribution in [3.63, 3.8) is 0 Å². The molecule has 0 atom stereocenters. The van der Waals surface area contributed by atoms with Crippen molar-refractivity contribution in [2.24, 2.45) is 0 Å². The molecule has 1 amide bonds. The summed E-state index contributed by atoms with van der Waals surface area (Å²) in [7, 11) is -2.82. The van der Waals surface area contributed by atoms with E-state index >= 15 is 0 Å². The largest absolute Gasteiger partial charge is 0.508 e. The summed E-state index contributed by atoms with van der Waals surface area (Å²) in [5.74, 6) is 0.295. The lowest BCUT2D eigenvalue weighted by Crippen LogP contribution is -2.11. The highest BCUT2D eigenvalue weighted by atomic mass is 32.2. The molecule has 1 heterocycles. The van der Waals surface area contributed by atoms with Gasteiger partial charge in [-0.25, -0.2) is 9.78 Å². The molecule has 7 nitrogen and oxygen atoms in total. The number of aromatic amines is 1. The van der Waals surface area contributed by atoms with E-state index in [9.17, 15) is 9.90 Å². The summed E-state index contributed by atoms with van der Waals surface area (Å²) in [5, 5.41) is 11.5. The fourth-order valence-electron chi connectivity index (χ4n) is 1.88. The third-order valence-corrected chi connectivity index (χ3v) is 3.84. The molecule has 23 heavy (non-hydrogen) atoms.